The Balaban J connectivity index is 1.44. The summed E-state index contributed by atoms with van der Waals surface area (Å²) < 4.78 is 8.03. The summed E-state index contributed by atoms with van der Waals surface area (Å²) in [5, 5.41) is 7.89. The second kappa shape index (κ2) is 7.31. The lowest BCUT2D eigenvalue weighted by Gasteiger charge is -2.15. The third-order valence-corrected chi connectivity index (χ3v) is 5.97. The first-order valence-corrected chi connectivity index (χ1v) is 10.1. The van der Waals surface area contributed by atoms with Gasteiger partial charge in [-0.15, -0.1) is 0 Å². The number of imidazole rings is 1. The maximum absolute atomic E-state index is 5.69. The average molecular weight is 362 g/mol. The van der Waals surface area contributed by atoms with Crippen LogP contribution in [0.1, 0.15) is 47.8 Å². The van der Waals surface area contributed by atoms with Gasteiger partial charge in [0.15, 0.2) is 0 Å². The van der Waals surface area contributed by atoms with Crippen molar-refractivity contribution in [3.8, 4) is 11.3 Å². The number of aromatic nitrogens is 4. The van der Waals surface area contributed by atoms with Gasteiger partial charge in [-0.25, -0.2) is 4.98 Å². The van der Waals surface area contributed by atoms with Crippen LogP contribution in [0.15, 0.2) is 36.7 Å². The Bertz CT molecular complexity index is 906. The van der Waals surface area contributed by atoms with Crippen LogP contribution in [-0.2, 0) is 30.5 Å². The number of nitrogens with one attached hydrogen (secondary N) is 1. The molecule has 1 saturated heterocycles. The third kappa shape index (κ3) is 3.21. The average Bonchev–Trinajstić information content (AvgIpc) is 3.46. The van der Waals surface area contributed by atoms with Crippen molar-refractivity contribution in [1.29, 1.82) is 0 Å². The number of nitrogens with zero attached hydrogens (tertiary/aromatic N) is 3. The first-order chi connectivity index (χ1) is 13.4. The normalized spacial score (nSPS) is 19.3. The molecule has 0 spiro atoms. The summed E-state index contributed by atoms with van der Waals surface area (Å²) in [4.78, 5) is 4.80. The second-order valence-electron chi connectivity index (χ2n) is 7.68. The third-order valence-electron chi connectivity index (χ3n) is 5.97. The van der Waals surface area contributed by atoms with Crippen molar-refractivity contribution < 1.29 is 4.74 Å². The van der Waals surface area contributed by atoms with Crippen LogP contribution < -0.4 is 0 Å². The second-order valence-corrected chi connectivity index (χ2v) is 7.68. The molecule has 1 aliphatic heterocycles. The van der Waals surface area contributed by atoms with Gasteiger partial charge in [0.2, 0.25) is 0 Å². The van der Waals surface area contributed by atoms with Crippen LogP contribution in [-0.4, -0.2) is 33.0 Å². The predicted octanol–water partition coefficient (Wildman–Crippen LogP) is 3.90. The van der Waals surface area contributed by atoms with Crippen LogP contribution in [0.3, 0.4) is 0 Å². The van der Waals surface area contributed by atoms with Crippen LogP contribution in [0.25, 0.3) is 11.3 Å². The van der Waals surface area contributed by atoms with Crippen LogP contribution in [0, 0.1) is 0 Å². The van der Waals surface area contributed by atoms with E-state index in [-0.39, 0.29) is 0 Å². The van der Waals surface area contributed by atoms with Crippen LogP contribution >= 0.6 is 0 Å². The largest absolute Gasteiger partial charge is 0.381 e. The topological polar surface area (TPSA) is 55.7 Å². The van der Waals surface area contributed by atoms with Crippen molar-refractivity contribution >= 4 is 0 Å². The van der Waals surface area contributed by atoms with Crippen molar-refractivity contribution in [1.82, 2.24) is 19.7 Å². The Morgan fingerprint density at radius 2 is 2.04 bits per heavy atom. The molecular formula is C22H26N4O. The summed E-state index contributed by atoms with van der Waals surface area (Å²) in [6, 6.07) is 10.5. The van der Waals surface area contributed by atoms with Crippen LogP contribution in [0.4, 0.5) is 0 Å². The van der Waals surface area contributed by atoms with Crippen LogP contribution in [0.2, 0.25) is 0 Å². The van der Waals surface area contributed by atoms with E-state index >= 15 is 0 Å². The van der Waals surface area contributed by atoms with E-state index in [2.05, 4.69) is 45.1 Å². The molecule has 0 unspecified atom stereocenters. The zero-order valence-corrected chi connectivity index (χ0v) is 15.7. The molecule has 0 bridgehead atoms. The highest BCUT2D eigenvalue weighted by Gasteiger charge is 2.26. The Kier molecular flexibility index (Phi) is 4.54. The molecule has 1 N–H and O–H groups in total. The molecule has 140 valence electrons. The zero-order chi connectivity index (χ0) is 18.1. The molecular weight excluding hydrogens is 336 g/mol. The molecule has 2 aromatic heterocycles. The molecule has 2 aliphatic rings. The van der Waals surface area contributed by atoms with Gasteiger partial charge in [-0.05, 0) is 37.7 Å². The number of fused-ring (bicyclic) bond motifs is 1. The highest BCUT2D eigenvalue weighted by Crippen LogP contribution is 2.33. The van der Waals surface area contributed by atoms with Gasteiger partial charge in [0.1, 0.15) is 0 Å². The monoisotopic (exact) mass is 362 g/mol. The highest BCUT2D eigenvalue weighted by molar-refractivity contribution is 5.62. The summed E-state index contributed by atoms with van der Waals surface area (Å²) in [7, 11) is 0. The number of ether oxygens (including phenoxy) is 1. The van der Waals surface area contributed by atoms with E-state index in [0.29, 0.717) is 5.92 Å². The van der Waals surface area contributed by atoms with Gasteiger partial charge >= 0.3 is 0 Å². The number of aromatic amines is 1. The van der Waals surface area contributed by atoms with Crippen molar-refractivity contribution in [2.24, 2.45) is 0 Å². The molecule has 1 aromatic carbocycles. The van der Waals surface area contributed by atoms with E-state index in [1.165, 1.54) is 47.5 Å². The summed E-state index contributed by atoms with van der Waals surface area (Å²) in [5.41, 5.74) is 7.69. The minimum atomic E-state index is 0.427. The van der Waals surface area contributed by atoms with E-state index in [1.807, 2.05) is 6.33 Å². The maximum atomic E-state index is 5.69. The van der Waals surface area contributed by atoms with Crippen molar-refractivity contribution in [3.05, 3.63) is 59.3 Å². The molecule has 5 heteroatoms. The number of hydrogen-bond donors (Lipinski definition) is 1. The summed E-state index contributed by atoms with van der Waals surface area (Å²) in [6.45, 7) is 2.56. The molecule has 1 aliphatic carbocycles. The first kappa shape index (κ1) is 16.8. The van der Waals surface area contributed by atoms with E-state index in [0.717, 1.165) is 44.7 Å². The van der Waals surface area contributed by atoms with Gasteiger partial charge in [0.05, 0.1) is 30.0 Å². The lowest BCUT2D eigenvalue weighted by molar-refractivity contribution is 0.193. The van der Waals surface area contributed by atoms with Crippen molar-refractivity contribution in [3.63, 3.8) is 0 Å². The molecule has 5 rings (SSSR count). The Hall–Kier alpha value is -2.40. The van der Waals surface area contributed by atoms with Gasteiger partial charge in [0.25, 0.3) is 0 Å². The van der Waals surface area contributed by atoms with Crippen molar-refractivity contribution in [2.45, 2.75) is 51.0 Å². The quantitative estimate of drug-likeness (QED) is 0.749. The fourth-order valence-corrected chi connectivity index (χ4v) is 4.55. The number of rotatable bonds is 5. The molecule has 0 radical (unpaired) electrons. The summed E-state index contributed by atoms with van der Waals surface area (Å²) >= 11 is 0. The van der Waals surface area contributed by atoms with Crippen LogP contribution in [0.5, 0.6) is 0 Å². The van der Waals surface area contributed by atoms with Gasteiger partial charge in [-0.1, -0.05) is 30.3 Å². The highest BCUT2D eigenvalue weighted by atomic mass is 16.5. The maximum Gasteiger partial charge on any atom is 0.0956 e. The Labute approximate surface area is 159 Å². The lowest BCUT2D eigenvalue weighted by atomic mass is 9.95. The minimum absolute atomic E-state index is 0.427. The summed E-state index contributed by atoms with van der Waals surface area (Å²) in [6.07, 6.45) is 8.92. The Morgan fingerprint density at radius 1 is 1.15 bits per heavy atom. The lowest BCUT2D eigenvalue weighted by Crippen LogP contribution is -2.11. The van der Waals surface area contributed by atoms with Gasteiger partial charge in [-0.3, -0.25) is 5.10 Å². The van der Waals surface area contributed by atoms with E-state index < -0.39 is 0 Å². The van der Waals surface area contributed by atoms with Gasteiger partial charge < -0.3 is 9.30 Å². The molecule has 5 nitrogen and oxygen atoms in total. The fraction of sp³-hybridized carbons (Fsp3) is 0.455. The number of benzene rings is 1. The SMILES string of the molecule is c1ccc(-c2ncn(CCc3n[nH]c4c3CCCC4)c2[C@H]2CCOC2)cc1. The minimum Gasteiger partial charge on any atom is -0.381 e. The Morgan fingerprint density at radius 3 is 2.89 bits per heavy atom. The molecule has 1 fully saturated rings. The standard InChI is InChI=1S/C22H26N4O/c1-2-6-16(7-3-1)21-22(17-11-13-27-14-17)26(15-23-21)12-10-20-18-8-4-5-9-19(18)24-25-20/h1-3,6-7,15,17H,4-5,8-14H2,(H,24,25)/t17-/m0/s1. The first-order valence-electron chi connectivity index (χ1n) is 10.1. The van der Waals surface area contributed by atoms with Crippen molar-refractivity contribution in [2.75, 3.05) is 13.2 Å². The van der Waals surface area contributed by atoms with E-state index in [4.69, 9.17) is 9.72 Å². The number of aryl methyl sites for hydroxylation is 3. The molecule has 1 atom stereocenters. The molecule has 0 amide bonds. The van der Waals surface area contributed by atoms with E-state index in [1.54, 1.807) is 0 Å². The smallest absolute Gasteiger partial charge is 0.0956 e. The van der Waals surface area contributed by atoms with E-state index in [9.17, 15) is 0 Å². The number of hydrogen-bond acceptors (Lipinski definition) is 3. The summed E-state index contributed by atoms with van der Waals surface area (Å²) in [5.74, 6) is 0.427. The molecule has 3 aromatic rings. The molecule has 0 saturated carbocycles. The van der Waals surface area contributed by atoms with Gasteiger partial charge in [-0.2, -0.15) is 5.10 Å². The molecule has 27 heavy (non-hydrogen) atoms. The zero-order valence-electron chi connectivity index (χ0n) is 15.7. The van der Waals surface area contributed by atoms with Gasteiger partial charge in [0, 0.05) is 36.7 Å². The fourth-order valence-electron chi connectivity index (χ4n) is 4.55. The predicted molar refractivity (Wildman–Crippen MR) is 105 cm³/mol. The molecule has 3 heterocycles. The number of H-pyrrole nitrogens is 1.